The first-order valence-corrected chi connectivity index (χ1v) is 6.18. The minimum atomic E-state index is -0.235. The molecule has 0 aromatic heterocycles. The van der Waals surface area contributed by atoms with Gasteiger partial charge in [-0.15, -0.1) is 0 Å². The fourth-order valence-electron chi connectivity index (χ4n) is 1.71. The summed E-state index contributed by atoms with van der Waals surface area (Å²) in [6.07, 6.45) is 2.34. The molecule has 1 aliphatic heterocycles. The maximum atomic E-state index is 13.4. The van der Waals surface area contributed by atoms with Crippen molar-refractivity contribution in [2.45, 2.75) is 25.6 Å². The Hall–Kier alpha value is -0.450. The standard InChI is InChI=1S/C12H14BrFO2/c13-10-4-3-9(12(14)6-10)7-15-8-11-2-1-5-16-11/h3-4,6,11H,1-2,5,7-8H2. The van der Waals surface area contributed by atoms with Crippen molar-refractivity contribution in [2.75, 3.05) is 13.2 Å². The van der Waals surface area contributed by atoms with Crippen LogP contribution in [-0.2, 0) is 16.1 Å². The van der Waals surface area contributed by atoms with E-state index in [9.17, 15) is 4.39 Å². The minimum Gasteiger partial charge on any atom is -0.376 e. The molecule has 0 spiro atoms. The van der Waals surface area contributed by atoms with E-state index in [1.807, 2.05) is 6.07 Å². The Morgan fingerprint density at radius 1 is 1.50 bits per heavy atom. The zero-order valence-electron chi connectivity index (χ0n) is 8.92. The van der Waals surface area contributed by atoms with Crippen LogP contribution in [0.4, 0.5) is 4.39 Å². The van der Waals surface area contributed by atoms with Crippen LogP contribution in [0.15, 0.2) is 22.7 Å². The normalized spacial score (nSPS) is 20.2. The molecule has 88 valence electrons. The van der Waals surface area contributed by atoms with Crippen LogP contribution in [0.2, 0.25) is 0 Å². The topological polar surface area (TPSA) is 18.5 Å². The van der Waals surface area contributed by atoms with Gasteiger partial charge in [-0.3, -0.25) is 0 Å². The van der Waals surface area contributed by atoms with Crippen molar-refractivity contribution in [3.8, 4) is 0 Å². The van der Waals surface area contributed by atoms with E-state index < -0.39 is 0 Å². The highest BCUT2D eigenvalue weighted by Gasteiger charge is 2.15. The highest BCUT2D eigenvalue weighted by molar-refractivity contribution is 9.10. The fraction of sp³-hybridized carbons (Fsp3) is 0.500. The molecular formula is C12H14BrFO2. The largest absolute Gasteiger partial charge is 0.376 e. The summed E-state index contributed by atoms with van der Waals surface area (Å²) in [5.41, 5.74) is 0.584. The maximum absolute atomic E-state index is 13.4. The molecule has 1 atom stereocenters. The second-order valence-corrected chi connectivity index (χ2v) is 4.80. The number of ether oxygens (including phenoxy) is 2. The van der Waals surface area contributed by atoms with Crippen LogP contribution in [0, 0.1) is 5.82 Å². The molecule has 0 bridgehead atoms. The monoisotopic (exact) mass is 288 g/mol. The smallest absolute Gasteiger partial charge is 0.129 e. The van der Waals surface area contributed by atoms with Gasteiger partial charge in [0.15, 0.2) is 0 Å². The molecule has 4 heteroatoms. The first kappa shape index (κ1) is 12.0. The Morgan fingerprint density at radius 3 is 3.06 bits per heavy atom. The second kappa shape index (κ2) is 5.75. The van der Waals surface area contributed by atoms with Crippen LogP contribution in [0.25, 0.3) is 0 Å². The molecule has 0 saturated carbocycles. The number of rotatable bonds is 4. The van der Waals surface area contributed by atoms with E-state index in [4.69, 9.17) is 9.47 Å². The lowest BCUT2D eigenvalue weighted by molar-refractivity contribution is 0.00982. The summed E-state index contributed by atoms with van der Waals surface area (Å²) in [6.45, 7) is 1.68. The van der Waals surface area contributed by atoms with E-state index >= 15 is 0 Å². The number of benzene rings is 1. The molecule has 0 aliphatic carbocycles. The zero-order valence-corrected chi connectivity index (χ0v) is 10.5. The first-order valence-electron chi connectivity index (χ1n) is 5.39. The van der Waals surface area contributed by atoms with Crippen molar-refractivity contribution in [2.24, 2.45) is 0 Å². The molecular weight excluding hydrogens is 275 g/mol. The summed E-state index contributed by atoms with van der Waals surface area (Å²) in [5, 5.41) is 0. The van der Waals surface area contributed by atoms with Gasteiger partial charge in [-0.2, -0.15) is 0 Å². The Kier molecular flexibility index (Phi) is 4.32. The zero-order chi connectivity index (χ0) is 11.4. The molecule has 1 fully saturated rings. The van der Waals surface area contributed by atoms with E-state index in [0.717, 1.165) is 23.9 Å². The molecule has 1 heterocycles. The van der Waals surface area contributed by atoms with Gasteiger partial charge in [0.25, 0.3) is 0 Å². The van der Waals surface area contributed by atoms with E-state index in [2.05, 4.69) is 15.9 Å². The van der Waals surface area contributed by atoms with E-state index in [1.54, 1.807) is 6.07 Å². The van der Waals surface area contributed by atoms with Gasteiger partial charge < -0.3 is 9.47 Å². The molecule has 1 unspecified atom stereocenters. The third-order valence-corrected chi connectivity index (χ3v) is 3.09. The van der Waals surface area contributed by atoms with Gasteiger partial charge in [0, 0.05) is 16.6 Å². The molecule has 2 rings (SSSR count). The summed E-state index contributed by atoms with van der Waals surface area (Å²) in [7, 11) is 0. The molecule has 0 amide bonds. The molecule has 1 aromatic carbocycles. The molecule has 1 aliphatic rings. The molecule has 1 aromatic rings. The SMILES string of the molecule is Fc1cc(Br)ccc1COCC1CCCO1. The third-order valence-electron chi connectivity index (χ3n) is 2.60. The fourth-order valence-corrected chi connectivity index (χ4v) is 2.05. The van der Waals surface area contributed by atoms with Crippen LogP contribution >= 0.6 is 15.9 Å². The molecule has 0 N–H and O–H groups in total. The summed E-state index contributed by atoms with van der Waals surface area (Å²) >= 11 is 3.22. The number of hydrogen-bond donors (Lipinski definition) is 0. The van der Waals surface area contributed by atoms with Gasteiger partial charge >= 0.3 is 0 Å². The molecule has 2 nitrogen and oxygen atoms in total. The quantitative estimate of drug-likeness (QED) is 0.847. The van der Waals surface area contributed by atoms with Crippen molar-refractivity contribution < 1.29 is 13.9 Å². The predicted octanol–water partition coefficient (Wildman–Crippen LogP) is 3.28. The van der Waals surface area contributed by atoms with E-state index in [-0.39, 0.29) is 11.9 Å². The second-order valence-electron chi connectivity index (χ2n) is 3.89. The van der Waals surface area contributed by atoms with Gasteiger partial charge in [-0.05, 0) is 25.0 Å². The number of hydrogen-bond acceptors (Lipinski definition) is 2. The predicted molar refractivity (Wildman–Crippen MR) is 62.7 cm³/mol. The van der Waals surface area contributed by atoms with E-state index in [1.165, 1.54) is 6.07 Å². The van der Waals surface area contributed by atoms with Crippen molar-refractivity contribution in [1.82, 2.24) is 0 Å². The van der Waals surface area contributed by atoms with Crippen LogP contribution < -0.4 is 0 Å². The molecule has 1 saturated heterocycles. The first-order chi connectivity index (χ1) is 7.75. The van der Waals surface area contributed by atoms with Crippen LogP contribution in [-0.4, -0.2) is 19.3 Å². The molecule has 16 heavy (non-hydrogen) atoms. The lowest BCUT2D eigenvalue weighted by Gasteiger charge is -2.10. The van der Waals surface area contributed by atoms with Gasteiger partial charge in [-0.1, -0.05) is 22.0 Å². The Balaban J connectivity index is 1.80. The van der Waals surface area contributed by atoms with Crippen molar-refractivity contribution in [3.63, 3.8) is 0 Å². The Bertz CT molecular complexity index is 351. The summed E-state index contributed by atoms with van der Waals surface area (Å²) in [5.74, 6) is -0.235. The Labute approximate surface area is 103 Å². The lowest BCUT2D eigenvalue weighted by atomic mass is 10.2. The average molecular weight is 289 g/mol. The number of halogens is 2. The summed E-state index contributed by atoms with van der Waals surface area (Å²) in [4.78, 5) is 0. The highest BCUT2D eigenvalue weighted by atomic mass is 79.9. The molecule has 0 radical (unpaired) electrons. The van der Waals surface area contributed by atoms with Crippen LogP contribution in [0.3, 0.4) is 0 Å². The maximum Gasteiger partial charge on any atom is 0.129 e. The summed E-state index contributed by atoms with van der Waals surface area (Å²) < 4.78 is 25.0. The average Bonchev–Trinajstić information content (AvgIpc) is 2.74. The summed E-state index contributed by atoms with van der Waals surface area (Å²) in [6, 6.07) is 4.99. The van der Waals surface area contributed by atoms with E-state index in [0.29, 0.717) is 18.8 Å². The minimum absolute atomic E-state index is 0.193. The van der Waals surface area contributed by atoms with Gasteiger partial charge in [0.2, 0.25) is 0 Å². The van der Waals surface area contributed by atoms with Crippen molar-refractivity contribution >= 4 is 15.9 Å². The van der Waals surface area contributed by atoms with Crippen molar-refractivity contribution in [1.29, 1.82) is 0 Å². The Morgan fingerprint density at radius 2 is 2.38 bits per heavy atom. The highest BCUT2D eigenvalue weighted by Crippen LogP contribution is 2.17. The van der Waals surface area contributed by atoms with Crippen LogP contribution in [0.5, 0.6) is 0 Å². The lowest BCUT2D eigenvalue weighted by Crippen LogP contribution is -2.14. The van der Waals surface area contributed by atoms with Crippen LogP contribution in [0.1, 0.15) is 18.4 Å². The van der Waals surface area contributed by atoms with Gasteiger partial charge in [0.1, 0.15) is 5.82 Å². The van der Waals surface area contributed by atoms with Gasteiger partial charge in [-0.25, -0.2) is 4.39 Å². The van der Waals surface area contributed by atoms with Crippen molar-refractivity contribution in [3.05, 3.63) is 34.1 Å². The van der Waals surface area contributed by atoms with Gasteiger partial charge in [0.05, 0.1) is 19.3 Å². The third kappa shape index (κ3) is 3.27.